The predicted molar refractivity (Wildman–Crippen MR) is 127 cm³/mol. The van der Waals surface area contributed by atoms with Gasteiger partial charge in [-0.2, -0.15) is 13.2 Å². The highest BCUT2D eigenvalue weighted by atomic mass is 19.4. The van der Waals surface area contributed by atoms with Crippen LogP contribution in [0.2, 0.25) is 0 Å². The lowest BCUT2D eigenvalue weighted by atomic mass is 10.1. The van der Waals surface area contributed by atoms with E-state index < -0.39 is 17.8 Å². The van der Waals surface area contributed by atoms with Gasteiger partial charge in [0.2, 0.25) is 0 Å². The van der Waals surface area contributed by atoms with Crippen molar-refractivity contribution >= 4 is 5.91 Å². The summed E-state index contributed by atoms with van der Waals surface area (Å²) in [6, 6.07) is 12.8. The Morgan fingerprint density at radius 1 is 1.00 bits per heavy atom. The number of carbonyl (C=O) groups excluding carboxylic acids is 1. The van der Waals surface area contributed by atoms with Crippen LogP contribution in [-0.2, 0) is 12.7 Å². The monoisotopic (exact) mass is 493 g/mol. The first kappa shape index (κ1) is 23.5. The third-order valence-corrected chi connectivity index (χ3v) is 6.34. The van der Waals surface area contributed by atoms with E-state index in [1.54, 1.807) is 58.4 Å². The van der Waals surface area contributed by atoms with Crippen molar-refractivity contribution in [3.63, 3.8) is 0 Å². The molecule has 0 spiro atoms. The highest BCUT2D eigenvalue weighted by molar-refractivity contribution is 5.93. The van der Waals surface area contributed by atoms with Gasteiger partial charge in [-0.15, -0.1) is 0 Å². The van der Waals surface area contributed by atoms with E-state index >= 15 is 0 Å². The zero-order valence-corrected chi connectivity index (χ0v) is 19.5. The second kappa shape index (κ2) is 8.78. The van der Waals surface area contributed by atoms with Crippen LogP contribution in [0, 0.1) is 6.92 Å². The van der Waals surface area contributed by atoms with E-state index in [-0.39, 0.29) is 23.7 Å². The van der Waals surface area contributed by atoms with E-state index in [0.29, 0.717) is 29.2 Å². The van der Waals surface area contributed by atoms with Crippen LogP contribution in [0.5, 0.6) is 0 Å². The lowest BCUT2D eigenvalue weighted by Crippen LogP contribution is -2.46. The predicted octanol–water partition coefficient (Wildman–Crippen LogP) is 4.64. The number of hydrogen-bond acceptors (Lipinski definition) is 4. The van der Waals surface area contributed by atoms with Crippen molar-refractivity contribution in [1.82, 2.24) is 24.0 Å². The summed E-state index contributed by atoms with van der Waals surface area (Å²) in [6.07, 6.45) is -1.16. The maximum atomic E-state index is 13.3. The van der Waals surface area contributed by atoms with Gasteiger partial charge in [-0.25, -0.2) is 4.98 Å². The van der Waals surface area contributed by atoms with Crippen LogP contribution in [0.15, 0.2) is 71.9 Å². The number of rotatable bonds is 4. The van der Waals surface area contributed by atoms with E-state index in [4.69, 9.17) is 0 Å². The van der Waals surface area contributed by atoms with Crippen molar-refractivity contribution in [3.8, 4) is 16.9 Å². The quantitative estimate of drug-likeness (QED) is 0.415. The third-order valence-electron chi connectivity index (χ3n) is 6.34. The molecule has 0 fully saturated rings. The van der Waals surface area contributed by atoms with Crippen LogP contribution in [0.25, 0.3) is 16.9 Å². The topological polar surface area (TPSA) is 73.0 Å². The lowest BCUT2D eigenvalue weighted by Gasteiger charge is -2.34. The highest BCUT2D eigenvalue weighted by Gasteiger charge is 2.32. The van der Waals surface area contributed by atoms with E-state index in [2.05, 4.69) is 9.97 Å². The van der Waals surface area contributed by atoms with Crippen LogP contribution in [0.1, 0.15) is 40.4 Å². The number of pyridine rings is 2. The maximum absolute atomic E-state index is 13.3. The number of benzene rings is 1. The van der Waals surface area contributed by atoms with Gasteiger partial charge in [-0.3, -0.25) is 14.6 Å². The molecule has 4 aromatic rings. The van der Waals surface area contributed by atoms with Crippen molar-refractivity contribution in [2.75, 3.05) is 6.54 Å². The fraction of sp³-hybridized carbons (Fsp3) is 0.231. The molecular formula is C26H22F3N5O2. The summed E-state index contributed by atoms with van der Waals surface area (Å²) in [5.74, 6) is -0.314. The number of carbonyl (C=O) groups is 1. The highest BCUT2D eigenvalue weighted by Crippen LogP contribution is 2.32. The fourth-order valence-electron chi connectivity index (χ4n) is 4.41. The number of imidazole rings is 1. The van der Waals surface area contributed by atoms with Crippen molar-refractivity contribution in [2.45, 2.75) is 32.6 Å². The fourth-order valence-corrected chi connectivity index (χ4v) is 4.41. The molecule has 0 saturated heterocycles. The van der Waals surface area contributed by atoms with Gasteiger partial charge in [-0.05, 0) is 50.2 Å². The van der Waals surface area contributed by atoms with Gasteiger partial charge in [0.05, 0.1) is 35.0 Å². The second-order valence-corrected chi connectivity index (χ2v) is 8.68. The van der Waals surface area contributed by atoms with E-state index in [1.807, 2.05) is 13.8 Å². The Morgan fingerprint density at radius 3 is 2.50 bits per heavy atom. The van der Waals surface area contributed by atoms with Gasteiger partial charge in [0.1, 0.15) is 11.4 Å². The Kier molecular flexibility index (Phi) is 5.74. The van der Waals surface area contributed by atoms with Crippen LogP contribution in [0.3, 0.4) is 0 Å². The first-order chi connectivity index (χ1) is 17.1. The number of hydrogen-bond donors (Lipinski definition) is 0. The second-order valence-electron chi connectivity index (χ2n) is 8.68. The van der Waals surface area contributed by atoms with Gasteiger partial charge in [-0.1, -0.05) is 18.2 Å². The largest absolute Gasteiger partial charge is 0.416 e. The molecule has 0 unspecified atom stereocenters. The molecular weight excluding hydrogens is 471 g/mol. The maximum Gasteiger partial charge on any atom is 0.416 e. The zero-order chi connectivity index (χ0) is 25.6. The average molecular weight is 493 g/mol. The van der Waals surface area contributed by atoms with Crippen molar-refractivity contribution in [3.05, 3.63) is 100 Å². The van der Waals surface area contributed by atoms with Gasteiger partial charge < -0.3 is 14.0 Å². The Labute approximate surface area is 204 Å². The summed E-state index contributed by atoms with van der Waals surface area (Å²) in [4.78, 5) is 36.7. The summed E-state index contributed by atoms with van der Waals surface area (Å²) < 4.78 is 42.6. The van der Waals surface area contributed by atoms with Crippen LogP contribution in [0.4, 0.5) is 13.2 Å². The van der Waals surface area contributed by atoms with Crippen molar-refractivity contribution in [2.24, 2.45) is 0 Å². The minimum absolute atomic E-state index is 0.271. The van der Waals surface area contributed by atoms with Gasteiger partial charge in [0, 0.05) is 24.8 Å². The minimum atomic E-state index is -4.46. The molecule has 0 N–H and O–H groups in total. The zero-order valence-electron chi connectivity index (χ0n) is 19.5. The summed E-state index contributed by atoms with van der Waals surface area (Å²) >= 11 is 0. The third kappa shape index (κ3) is 4.19. The number of halogens is 3. The Hall–Kier alpha value is -4.21. The summed E-state index contributed by atoms with van der Waals surface area (Å²) in [5.41, 5.74) is 1.67. The van der Waals surface area contributed by atoms with Crippen LogP contribution >= 0.6 is 0 Å². The molecule has 1 aromatic carbocycles. The molecule has 7 nitrogen and oxygen atoms in total. The number of alkyl halides is 3. The molecule has 1 amide bonds. The number of nitrogens with zero attached hydrogens (tertiary/aromatic N) is 5. The molecule has 1 aliphatic rings. The number of fused-ring (bicyclic) bond motifs is 1. The molecule has 184 valence electrons. The molecule has 36 heavy (non-hydrogen) atoms. The first-order valence-corrected chi connectivity index (χ1v) is 11.3. The first-order valence-electron chi connectivity index (χ1n) is 11.3. The van der Waals surface area contributed by atoms with E-state index in [1.165, 1.54) is 10.6 Å². The minimum Gasteiger partial charge on any atom is -0.327 e. The Balaban J connectivity index is 1.43. The molecule has 0 aliphatic carbocycles. The van der Waals surface area contributed by atoms with Crippen molar-refractivity contribution < 1.29 is 18.0 Å². The van der Waals surface area contributed by atoms with E-state index in [0.717, 1.165) is 17.8 Å². The number of amides is 1. The standard InChI is InChI=1S/C26H22F3N5O2/c1-16-14-32(15-30-16)22-9-10-23-25(36)33(11-12-34(23)24(22)35)17(2)20-7-4-8-21(31-20)18-5-3-6-19(13-18)26(27,28)29/h3-10,13-15,17H,11-12H2,1-2H3/t17-/m0/s1. The van der Waals surface area contributed by atoms with Crippen molar-refractivity contribution in [1.29, 1.82) is 0 Å². The Morgan fingerprint density at radius 2 is 1.78 bits per heavy atom. The Bertz CT molecular complexity index is 1520. The smallest absolute Gasteiger partial charge is 0.327 e. The SMILES string of the molecule is Cc1cn(-c2ccc3n(c2=O)CCN([C@@H](C)c2cccc(-c4cccc(C(F)(F)F)c4)n2)C3=O)cn1. The molecule has 10 heteroatoms. The number of aryl methyl sites for hydroxylation is 1. The normalized spacial score (nSPS) is 14.6. The van der Waals surface area contributed by atoms with Gasteiger partial charge >= 0.3 is 6.18 Å². The molecule has 1 aliphatic heterocycles. The summed E-state index contributed by atoms with van der Waals surface area (Å²) in [6.45, 7) is 4.23. The van der Waals surface area contributed by atoms with E-state index in [9.17, 15) is 22.8 Å². The van der Waals surface area contributed by atoms with Crippen LogP contribution < -0.4 is 5.56 Å². The van der Waals surface area contributed by atoms with Gasteiger partial charge in [0.25, 0.3) is 11.5 Å². The lowest BCUT2D eigenvalue weighted by molar-refractivity contribution is -0.137. The summed E-state index contributed by atoms with van der Waals surface area (Å²) in [5, 5.41) is 0. The summed E-state index contributed by atoms with van der Waals surface area (Å²) in [7, 11) is 0. The van der Waals surface area contributed by atoms with Gasteiger partial charge in [0.15, 0.2) is 0 Å². The molecule has 1 atom stereocenters. The molecule has 3 aromatic heterocycles. The molecule has 0 bridgehead atoms. The van der Waals surface area contributed by atoms with Crippen LogP contribution in [-0.4, -0.2) is 36.5 Å². The molecule has 5 rings (SSSR count). The average Bonchev–Trinajstić information content (AvgIpc) is 3.30. The molecule has 0 saturated carbocycles. The number of aromatic nitrogens is 4. The molecule has 4 heterocycles. The molecule has 0 radical (unpaired) electrons.